The summed E-state index contributed by atoms with van der Waals surface area (Å²) >= 11 is 0. The molecule has 0 radical (unpaired) electrons. The van der Waals surface area contributed by atoms with E-state index in [0.717, 1.165) is 6.42 Å². The average Bonchev–Trinajstić information content (AvgIpc) is 1.82. The third-order valence-corrected chi connectivity index (χ3v) is 1.35. The molecule has 0 spiro atoms. The molecule has 1 N–H and O–H groups in total. The van der Waals surface area contributed by atoms with E-state index in [1.165, 1.54) is 0 Å². The van der Waals surface area contributed by atoms with Gasteiger partial charge in [0.15, 0.2) is 0 Å². The Morgan fingerprint density at radius 3 is 2.11 bits per heavy atom. The van der Waals surface area contributed by atoms with Gasteiger partial charge in [0.1, 0.15) is 6.67 Å². The molecule has 0 aliphatic rings. The molecule has 2 heteroatoms. The fraction of sp³-hybridized carbons (Fsp3) is 1.00. The van der Waals surface area contributed by atoms with Gasteiger partial charge in [-0.2, -0.15) is 0 Å². The van der Waals surface area contributed by atoms with Crippen molar-refractivity contribution in [2.24, 2.45) is 5.92 Å². The van der Waals surface area contributed by atoms with E-state index in [1.54, 1.807) is 7.05 Å². The minimum atomic E-state index is -0.255. The predicted octanol–water partition coefficient (Wildman–Crippen LogP) is 1.59. The fourth-order valence-corrected chi connectivity index (χ4v) is 0.827. The van der Waals surface area contributed by atoms with Crippen LogP contribution in [0.2, 0.25) is 0 Å². The van der Waals surface area contributed by atoms with Crippen LogP contribution in [-0.2, 0) is 0 Å². The molecule has 0 aromatic rings. The second-order valence-electron chi connectivity index (χ2n) is 2.77. The summed E-state index contributed by atoms with van der Waals surface area (Å²) in [5.74, 6) is 0.582. The van der Waals surface area contributed by atoms with Crippen LogP contribution in [0.3, 0.4) is 0 Å². The fourth-order valence-electron chi connectivity index (χ4n) is 0.827. The molecule has 0 heterocycles. The summed E-state index contributed by atoms with van der Waals surface area (Å²) in [6.45, 7) is 3.94. The lowest BCUT2D eigenvalue weighted by molar-refractivity contribution is 0.345. The number of nitrogens with one attached hydrogen (secondary N) is 1. The van der Waals surface area contributed by atoms with Crippen molar-refractivity contribution in [1.29, 1.82) is 0 Å². The molecule has 0 fully saturated rings. The van der Waals surface area contributed by atoms with Crippen molar-refractivity contribution in [3.05, 3.63) is 0 Å². The number of hydrogen-bond acceptors (Lipinski definition) is 1. The molecule has 1 unspecified atom stereocenters. The van der Waals surface area contributed by atoms with Crippen LogP contribution in [0.1, 0.15) is 20.3 Å². The predicted molar refractivity (Wildman–Crippen MR) is 38.3 cm³/mol. The molecule has 1 nitrogen and oxygen atoms in total. The topological polar surface area (TPSA) is 12.0 Å². The number of hydrogen-bond donors (Lipinski definition) is 1. The maximum Gasteiger partial charge on any atom is 0.105 e. The maximum absolute atomic E-state index is 12.0. The van der Waals surface area contributed by atoms with Gasteiger partial charge in [0.2, 0.25) is 0 Å². The second kappa shape index (κ2) is 4.74. The van der Waals surface area contributed by atoms with Crippen LogP contribution >= 0.6 is 0 Å². The third kappa shape index (κ3) is 4.40. The van der Waals surface area contributed by atoms with Gasteiger partial charge < -0.3 is 5.32 Å². The van der Waals surface area contributed by atoms with E-state index in [9.17, 15) is 4.39 Å². The normalized spacial score (nSPS) is 14.3. The molecule has 56 valence electrons. The molecule has 0 aromatic heterocycles. The Hall–Kier alpha value is -0.110. The minimum Gasteiger partial charge on any atom is -0.314 e. The van der Waals surface area contributed by atoms with Crippen LogP contribution < -0.4 is 5.32 Å². The Balaban J connectivity index is 3.31. The van der Waals surface area contributed by atoms with E-state index in [2.05, 4.69) is 19.2 Å². The number of halogens is 1. The molecule has 1 atom stereocenters. The summed E-state index contributed by atoms with van der Waals surface area (Å²) in [6.07, 6.45) is 0.924. The first-order valence-corrected chi connectivity index (χ1v) is 3.44. The van der Waals surface area contributed by atoms with Gasteiger partial charge in [-0.05, 0) is 19.4 Å². The van der Waals surface area contributed by atoms with E-state index in [0.29, 0.717) is 5.92 Å². The molecule has 0 rings (SSSR count). The Kier molecular flexibility index (Phi) is 4.68. The highest BCUT2D eigenvalue weighted by Gasteiger charge is 2.06. The van der Waals surface area contributed by atoms with Gasteiger partial charge in [-0.3, -0.25) is 0 Å². The summed E-state index contributed by atoms with van der Waals surface area (Å²) < 4.78 is 12.0. The van der Waals surface area contributed by atoms with Crippen LogP contribution in [-0.4, -0.2) is 19.8 Å². The van der Waals surface area contributed by atoms with Gasteiger partial charge >= 0.3 is 0 Å². The zero-order valence-electron chi connectivity index (χ0n) is 6.45. The van der Waals surface area contributed by atoms with E-state index in [4.69, 9.17) is 0 Å². The Morgan fingerprint density at radius 2 is 2.00 bits per heavy atom. The first-order chi connectivity index (χ1) is 4.20. The first kappa shape index (κ1) is 8.89. The molecule has 0 bridgehead atoms. The molecular weight excluding hydrogens is 117 g/mol. The third-order valence-electron chi connectivity index (χ3n) is 1.35. The zero-order chi connectivity index (χ0) is 7.28. The van der Waals surface area contributed by atoms with Crippen molar-refractivity contribution in [3.8, 4) is 0 Å². The lowest BCUT2D eigenvalue weighted by atomic mass is 10.1. The summed E-state index contributed by atoms with van der Waals surface area (Å²) in [5, 5.41) is 2.91. The van der Waals surface area contributed by atoms with Gasteiger partial charge in [0.25, 0.3) is 0 Å². The SMILES string of the molecule is CNC(CF)CC(C)C. The van der Waals surface area contributed by atoms with Crippen molar-refractivity contribution in [2.75, 3.05) is 13.7 Å². The van der Waals surface area contributed by atoms with Crippen LogP contribution in [0.4, 0.5) is 4.39 Å². The maximum atomic E-state index is 12.0. The first-order valence-electron chi connectivity index (χ1n) is 3.44. The largest absolute Gasteiger partial charge is 0.314 e. The van der Waals surface area contributed by atoms with Crippen molar-refractivity contribution >= 4 is 0 Å². The van der Waals surface area contributed by atoms with E-state index in [-0.39, 0.29) is 12.7 Å². The molecule has 0 saturated heterocycles. The van der Waals surface area contributed by atoms with Crippen molar-refractivity contribution < 1.29 is 4.39 Å². The minimum absolute atomic E-state index is 0.0602. The summed E-state index contributed by atoms with van der Waals surface area (Å²) in [5.41, 5.74) is 0. The van der Waals surface area contributed by atoms with Gasteiger partial charge in [-0.15, -0.1) is 0 Å². The average molecular weight is 133 g/mol. The van der Waals surface area contributed by atoms with Gasteiger partial charge in [-0.1, -0.05) is 13.8 Å². The highest BCUT2D eigenvalue weighted by atomic mass is 19.1. The molecule has 0 saturated carbocycles. The van der Waals surface area contributed by atoms with E-state index < -0.39 is 0 Å². The summed E-state index contributed by atoms with van der Waals surface area (Å²) in [6, 6.07) is 0.0602. The monoisotopic (exact) mass is 133 g/mol. The van der Waals surface area contributed by atoms with Crippen molar-refractivity contribution in [1.82, 2.24) is 5.32 Å². The van der Waals surface area contributed by atoms with Crippen LogP contribution in [0, 0.1) is 5.92 Å². The van der Waals surface area contributed by atoms with E-state index in [1.807, 2.05) is 0 Å². The number of rotatable bonds is 4. The van der Waals surface area contributed by atoms with Crippen molar-refractivity contribution in [2.45, 2.75) is 26.3 Å². The molecule has 0 amide bonds. The van der Waals surface area contributed by atoms with E-state index >= 15 is 0 Å². The Bertz CT molecular complexity index is 59.9. The van der Waals surface area contributed by atoms with Gasteiger partial charge in [-0.25, -0.2) is 4.39 Å². The number of alkyl halides is 1. The molecule has 0 aromatic carbocycles. The highest BCUT2D eigenvalue weighted by molar-refractivity contribution is 4.63. The van der Waals surface area contributed by atoms with Crippen molar-refractivity contribution in [3.63, 3.8) is 0 Å². The van der Waals surface area contributed by atoms with Gasteiger partial charge in [0.05, 0.1) is 0 Å². The molecular formula is C7H16FN. The Morgan fingerprint density at radius 1 is 1.44 bits per heavy atom. The van der Waals surface area contributed by atoms with Crippen LogP contribution in [0.25, 0.3) is 0 Å². The smallest absolute Gasteiger partial charge is 0.105 e. The zero-order valence-corrected chi connectivity index (χ0v) is 6.45. The quantitative estimate of drug-likeness (QED) is 0.614. The highest BCUT2D eigenvalue weighted by Crippen LogP contribution is 2.03. The van der Waals surface area contributed by atoms with Gasteiger partial charge in [0, 0.05) is 6.04 Å². The summed E-state index contributed by atoms with van der Waals surface area (Å²) in [4.78, 5) is 0. The molecule has 0 aliphatic carbocycles. The van der Waals surface area contributed by atoms with Crippen LogP contribution in [0.15, 0.2) is 0 Å². The van der Waals surface area contributed by atoms with Crippen LogP contribution in [0.5, 0.6) is 0 Å². The summed E-state index contributed by atoms with van der Waals surface area (Å²) in [7, 11) is 1.80. The lowest BCUT2D eigenvalue weighted by Crippen LogP contribution is -2.28. The Labute approximate surface area is 56.6 Å². The second-order valence-corrected chi connectivity index (χ2v) is 2.77. The molecule has 0 aliphatic heterocycles. The standard InChI is InChI=1S/C7H16FN/c1-6(2)4-7(5-8)9-3/h6-7,9H,4-5H2,1-3H3. The molecule has 9 heavy (non-hydrogen) atoms. The lowest BCUT2D eigenvalue weighted by Gasteiger charge is -2.13.